The zero-order valence-corrected chi connectivity index (χ0v) is 8.04. The summed E-state index contributed by atoms with van der Waals surface area (Å²) >= 11 is 0. The molecular formula is C8H13FO6. The monoisotopic (exact) mass is 224 g/mol. The third-order valence-electron chi connectivity index (χ3n) is 2.09. The fourth-order valence-corrected chi connectivity index (χ4v) is 1.30. The number of halogens is 1. The van der Waals surface area contributed by atoms with Gasteiger partial charge < -0.3 is 24.8 Å². The molecule has 88 valence electrons. The lowest BCUT2D eigenvalue weighted by Crippen LogP contribution is -2.57. The maximum atomic E-state index is 13.3. The zero-order chi connectivity index (χ0) is 11.6. The van der Waals surface area contributed by atoms with Gasteiger partial charge in [0.1, 0.15) is 18.3 Å². The van der Waals surface area contributed by atoms with E-state index in [1.807, 2.05) is 0 Å². The van der Waals surface area contributed by atoms with E-state index in [9.17, 15) is 19.4 Å². The van der Waals surface area contributed by atoms with Crippen LogP contribution in [0.25, 0.3) is 0 Å². The highest BCUT2D eigenvalue weighted by molar-refractivity contribution is 5.66. The van der Waals surface area contributed by atoms with E-state index in [4.69, 9.17) is 9.84 Å². The van der Waals surface area contributed by atoms with E-state index in [1.54, 1.807) is 0 Å². The summed E-state index contributed by atoms with van der Waals surface area (Å²) in [6, 6.07) is 0. The van der Waals surface area contributed by atoms with Crippen LogP contribution in [0.4, 0.5) is 4.39 Å². The highest BCUT2D eigenvalue weighted by atomic mass is 19.1. The van der Waals surface area contributed by atoms with Crippen LogP contribution in [-0.2, 0) is 14.3 Å². The molecule has 4 unspecified atom stereocenters. The molecule has 15 heavy (non-hydrogen) atoms. The van der Waals surface area contributed by atoms with Crippen molar-refractivity contribution in [2.45, 2.75) is 37.7 Å². The average Bonchev–Trinajstić information content (AvgIpc) is 2.18. The molecule has 5 atom stereocenters. The van der Waals surface area contributed by atoms with Crippen molar-refractivity contribution in [1.29, 1.82) is 0 Å². The van der Waals surface area contributed by atoms with Gasteiger partial charge in [-0.05, 0) is 0 Å². The largest absolute Gasteiger partial charge is 0.433 e. The maximum Gasteiger partial charge on any atom is 0.305 e. The Kier molecular flexibility index (Phi) is 3.97. The Bertz CT molecular complexity index is 233. The Morgan fingerprint density at radius 2 is 2.07 bits per heavy atom. The maximum absolute atomic E-state index is 13.3. The number of carbonyl (C=O) groups is 1. The van der Waals surface area contributed by atoms with Gasteiger partial charge in [0.05, 0.1) is 6.61 Å². The van der Waals surface area contributed by atoms with Crippen molar-refractivity contribution in [1.82, 2.24) is 0 Å². The van der Waals surface area contributed by atoms with Crippen LogP contribution in [0.5, 0.6) is 0 Å². The molecule has 1 rings (SSSR count). The molecule has 0 aromatic heterocycles. The number of ether oxygens (including phenoxy) is 2. The minimum atomic E-state index is -2.04. The number of hydrogen-bond donors (Lipinski definition) is 3. The number of rotatable bonds is 2. The van der Waals surface area contributed by atoms with Crippen molar-refractivity contribution < 1.29 is 34.0 Å². The molecule has 0 amide bonds. The number of aliphatic hydroxyl groups is 3. The molecule has 3 N–H and O–H groups in total. The van der Waals surface area contributed by atoms with Crippen LogP contribution in [-0.4, -0.2) is 58.7 Å². The molecule has 1 aliphatic rings. The molecule has 7 heteroatoms. The molecule has 1 fully saturated rings. The van der Waals surface area contributed by atoms with Crippen LogP contribution in [0.15, 0.2) is 0 Å². The first-order chi connectivity index (χ1) is 6.97. The first-order valence-electron chi connectivity index (χ1n) is 4.41. The molecular weight excluding hydrogens is 211 g/mol. The number of esters is 1. The fraction of sp³-hybridized carbons (Fsp3) is 0.875. The predicted octanol–water partition coefficient (Wildman–Crippen LogP) is -1.67. The van der Waals surface area contributed by atoms with Crippen molar-refractivity contribution in [2.75, 3.05) is 6.61 Å². The molecule has 0 aromatic carbocycles. The zero-order valence-electron chi connectivity index (χ0n) is 8.04. The molecule has 0 spiro atoms. The van der Waals surface area contributed by atoms with Crippen LogP contribution in [0.1, 0.15) is 6.92 Å². The molecule has 1 aliphatic heterocycles. The van der Waals surface area contributed by atoms with Gasteiger partial charge in [0.15, 0.2) is 6.17 Å². The Morgan fingerprint density at radius 3 is 2.53 bits per heavy atom. The standard InChI is InChI=1S/C8H13FO6/c1-3(11)14-8-5(9)7(13)6(12)4(2-10)15-8/h4-8,10,12-13H,2H2,1H3/t4?,5?,6-,7?,8?/m1/s1. The van der Waals surface area contributed by atoms with E-state index in [1.165, 1.54) is 0 Å². The van der Waals surface area contributed by atoms with Crippen LogP contribution in [0.3, 0.4) is 0 Å². The molecule has 0 bridgehead atoms. The first-order valence-corrected chi connectivity index (χ1v) is 4.41. The lowest BCUT2D eigenvalue weighted by Gasteiger charge is -2.37. The number of hydrogen-bond acceptors (Lipinski definition) is 6. The summed E-state index contributed by atoms with van der Waals surface area (Å²) in [6.07, 6.45) is -8.10. The minimum Gasteiger partial charge on any atom is -0.433 e. The number of alkyl halides is 1. The topological polar surface area (TPSA) is 96.2 Å². The van der Waals surface area contributed by atoms with E-state index in [-0.39, 0.29) is 0 Å². The second-order valence-corrected chi connectivity index (χ2v) is 3.26. The average molecular weight is 224 g/mol. The van der Waals surface area contributed by atoms with Gasteiger partial charge in [0.2, 0.25) is 6.29 Å². The van der Waals surface area contributed by atoms with Crippen molar-refractivity contribution in [2.24, 2.45) is 0 Å². The van der Waals surface area contributed by atoms with Crippen LogP contribution < -0.4 is 0 Å². The summed E-state index contributed by atoms with van der Waals surface area (Å²) in [5, 5.41) is 27.2. The van der Waals surface area contributed by atoms with Gasteiger partial charge in [0.25, 0.3) is 0 Å². The minimum absolute atomic E-state index is 0.608. The Morgan fingerprint density at radius 1 is 1.47 bits per heavy atom. The van der Waals surface area contributed by atoms with E-state index in [0.29, 0.717) is 0 Å². The highest BCUT2D eigenvalue weighted by Crippen LogP contribution is 2.24. The Hall–Kier alpha value is -0.760. The van der Waals surface area contributed by atoms with Crippen LogP contribution >= 0.6 is 0 Å². The second-order valence-electron chi connectivity index (χ2n) is 3.26. The summed E-state index contributed by atoms with van der Waals surface area (Å²) in [6.45, 7) is 0.449. The van der Waals surface area contributed by atoms with E-state index >= 15 is 0 Å². The summed E-state index contributed by atoms with van der Waals surface area (Å²) in [5.41, 5.74) is 0. The fourth-order valence-electron chi connectivity index (χ4n) is 1.30. The van der Waals surface area contributed by atoms with Gasteiger partial charge in [-0.25, -0.2) is 4.39 Å². The predicted molar refractivity (Wildman–Crippen MR) is 44.4 cm³/mol. The van der Waals surface area contributed by atoms with Crippen LogP contribution in [0, 0.1) is 0 Å². The van der Waals surface area contributed by atoms with Crippen molar-refractivity contribution in [3.63, 3.8) is 0 Å². The van der Waals surface area contributed by atoms with Crippen molar-refractivity contribution in [3.8, 4) is 0 Å². The van der Waals surface area contributed by atoms with Gasteiger partial charge in [-0.2, -0.15) is 0 Å². The van der Waals surface area contributed by atoms with E-state index in [0.717, 1.165) is 6.92 Å². The van der Waals surface area contributed by atoms with E-state index < -0.39 is 43.3 Å². The molecule has 0 saturated carbocycles. The lowest BCUT2D eigenvalue weighted by atomic mass is 10.0. The van der Waals surface area contributed by atoms with Crippen molar-refractivity contribution in [3.05, 3.63) is 0 Å². The molecule has 1 saturated heterocycles. The molecule has 6 nitrogen and oxygen atoms in total. The summed E-state index contributed by atoms with van der Waals surface area (Å²) < 4.78 is 22.5. The quantitative estimate of drug-likeness (QED) is 0.485. The third kappa shape index (κ3) is 2.63. The smallest absolute Gasteiger partial charge is 0.305 e. The first kappa shape index (κ1) is 12.3. The number of carbonyl (C=O) groups excluding carboxylic acids is 1. The normalized spacial score (nSPS) is 41.3. The Labute approximate surface area is 85.2 Å². The highest BCUT2D eigenvalue weighted by Gasteiger charge is 2.46. The SMILES string of the molecule is CC(=O)OC1OC(CO)[C@@H](O)C(O)C1F. The lowest BCUT2D eigenvalue weighted by molar-refractivity contribution is -0.278. The van der Waals surface area contributed by atoms with E-state index in [2.05, 4.69) is 4.74 Å². The van der Waals surface area contributed by atoms with Crippen LogP contribution in [0.2, 0.25) is 0 Å². The second kappa shape index (κ2) is 4.84. The molecule has 0 radical (unpaired) electrons. The Balaban J connectivity index is 2.69. The van der Waals surface area contributed by atoms with Gasteiger partial charge >= 0.3 is 5.97 Å². The van der Waals surface area contributed by atoms with Crippen molar-refractivity contribution >= 4 is 5.97 Å². The molecule has 0 aliphatic carbocycles. The number of aliphatic hydroxyl groups excluding tert-OH is 3. The van der Waals surface area contributed by atoms with Gasteiger partial charge in [-0.1, -0.05) is 0 Å². The third-order valence-corrected chi connectivity index (χ3v) is 2.09. The summed E-state index contributed by atoms with van der Waals surface area (Å²) in [4.78, 5) is 10.6. The van der Waals surface area contributed by atoms with Gasteiger partial charge in [0, 0.05) is 6.92 Å². The summed E-state index contributed by atoms with van der Waals surface area (Å²) in [5.74, 6) is -0.775. The van der Waals surface area contributed by atoms with Gasteiger partial charge in [-0.15, -0.1) is 0 Å². The van der Waals surface area contributed by atoms with Gasteiger partial charge in [-0.3, -0.25) is 4.79 Å². The molecule has 1 heterocycles. The molecule has 0 aromatic rings. The summed E-state index contributed by atoms with van der Waals surface area (Å²) in [7, 11) is 0.